The maximum atomic E-state index is 11.4. The Hall–Kier alpha value is -1.42. The molecule has 0 aromatic heterocycles. The number of ether oxygens (including phenoxy) is 1. The highest BCUT2D eigenvalue weighted by atomic mass is 32.1. The predicted octanol–water partition coefficient (Wildman–Crippen LogP) is 2.10. The monoisotopic (exact) mass is 263 g/mol. The Labute approximate surface area is 113 Å². The first-order chi connectivity index (χ1) is 8.70. The minimum atomic E-state index is -0.269. The zero-order valence-corrected chi connectivity index (χ0v) is 11.2. The van der Waals surface area contributed by atoms with E-state index >= 15 is 0 Å². The number of esters is 1. The number of thiocarbonyl (C=S) groups is 1. The van der Waals surface area contributed by atoms with E-state index in [0.717, 1.165) is 24.3 Å². The molecule has 4 heteroatoms. The van der Waals surface area contributed by atoms with E-state index in [1.54, 1.807) is 0 Å². The van der Waals surface area contributed by atoms with Gasteiger partial charge < -0.3 is 10.1 Å². The van der Waals surface area contributed by atoms with Crippen molar-refractivity contribution >= 4 is 23.2 Å². The molecule has 2 atom stereocenters. The van der Waals surface area contributed by atoms with E-state index < -0.39 is 0 Å². The Balaban J connectivity index is 1.94. The number of piperidine rings is 1. The van der Waals surface area contributed by atoms with Crippen LogP contribution in [0.1, 0.15) is 18.4 Å². The molecule has 1 aliphatic rings. The van der Waals surface area contributed by atoms with Gasteiger partial charge in [-0.2, -0.15) is 0 Å². The molecule has 0 spiro atoms. The highest BCUT2D eigenvalue weighted by molar-refractivity contribution is 7.80. The predicted molar refractivity (Wildman–Crippen MR) is 74.4 cm³/mol. The van der Waals surface area contributed by atoms with Crippen molar-refractivity contribution in [2.75, 3.05) is 7.11 Å². The molecule has 2 rings (SSSR count). The minimum Gasteiger partial charge on any atom is -0.467 e. The van der Waals surface area contributed by atoms with E-state index in [-0.39, 0.29) is 12.0 Å². The van der Waals surface area contributed by atoms with Crippen molar-refractivity contribution in [1.82, 2.24) is 5.32 Å². The van der Waals surface area contributed by atoms with Crippen LogP contribution in [0.2, 0.25) is 0 Å². The lowest BCUT2D eigenvalue weighted by molar-refractivity contribution is -0.143. The second-order valence-corrected chi connectivity index (χ2v) is 4.99. The Morgan fingerprint density at radius 2 is 2.11 bits per heavy atom. The molecule has 1 aromatic carbocycles. The molecule has 0 aliphatic carbocycles. The number of benzene rings is 1. The van der Waals surface area contributed by atoms with Crippen molar-refractivity contribution in [3.05, 3.63) is 35.9 Å². The second kappa shape index (κ2) is 5.96. The molecule has 1 aliphatic heterocycles. The Morgan fingerprint density at radius 3 is 2.72 bits per heavy atom. The van der Waals surface area contributed by atoms with Gasteiger partial charge in [0.15, 0.2) is 0 Å². The lowest BCUT2D eigenvalue weighted by atomic mass is 9.89. The molecule has 96 valence electrons. The van der Waals surface area contributed by atoms with Gasteiger partial charge in [0.1, 0.15) is 6.04 Å². The van der Waals surface area contributed by atoms with Crippen molar-refractivity contribution in [2.24, 2.45) is 5.92 Å². The van der Waals surface area contributed by atoms with Gasteiger partial charge in [0.05, 0.1) is 12.1 Å². The van der Waals surface area contributed by atoms with Crippen LogP contribution in [0.25, 0.3) is 0 Å². The molecule has 0 saturated carbocycles. The van der Waals surface area contributed by atoms with E-state index in [1.807, 2.05) is 18.2 Å². The fourth-order valence-electron chi connectivity index (χ4n) is 2.27. The molecular weight excluding hydrogens is 246 g/mol. The summed E-state index contributed by atoms with van der Waals surface area (Å²) >= 11 is 5.35. The van der Waals surface area contributed by atoms with Crippen LogP contribution in [0.3, 0.4) is 0 Å². The maximum absolute atomic E-state index is 11.4. The van der Waals surface area contributed by atoms with E-state index in [0.29, 0.717) is 5.92 Å². The summed E-state index contributed by atoms with van der Waals surface area (Å²) in [5, 5.41) is 3.09. The van der Waals surface area contributed by atoms with Gasteiger partial charge in [0.2, 0.25) is 0 Å². The molecule has 0 bridgehead atoms. The van der Waals surface area contributed by atoms with Crippen LogP contribution in [0.5, 0.6) is 0 Å². The van der Waals surface area contributed by atoms with Crippen LogP contribution in [0.15, 0.2) is 30.3 Å². The quantitative estimate of drug-likeness (QED) is 0.669. The first-order valence-electron chi connectivity index (χ1n) is 6.13. The third-order valence-electron chi connectivity index (χ3n) is 3.30. The summed E-state index contributed by atoms with van der Waals surface area (Å²) in [6.45, 7) is 0. The molecule has 1 N–H and O–H groups in total. The number of rotatable bonds is 3. The van der Waals surface area contributed by atoms with Crippen molar-refractivity contribution < 1.29 is 9.53 Å². The molecule has 3 nitrogen and oxygen atoms in total. The fourth-order valence-corrected chi connectivity index (χ4v) is 2.62. The van der Waals surface area contributed by atoms with Crippen molar-refractivity contribution in [2.45, 2.75) is 25.3 Å². The average Bonchev–Trinajstić information content (AvgIpc) is 2.41. The molecule has 1 saturated heterocycles. The van der Waals surface area contributed by atoms with Crippen molar-refractivity contribution in [1.29, 1.82) is 0 Å². The Bertz CT molecular complexity index is 433. The fraction of sp³-hybridized carbons (Fsp3) is 0.429. The van der Waals surface area contributed by atoms with Gasteiger partial charge in [-0.3, -0.25) is 0 Å². The van der Waals surface area contributed by atoms with E-state index in [4.69, 9.17) is 17.0 Å². The summed E-state index contributed by atoms with van der Waals surface area (Å²) in [6.07, 6.45) is 2.64. The molecule has 0 amide bonds. The molecule has 1 fully saturated rings. The van der Waals surface area contributed by atoms with E-state index in [1.165, 1.54) is 12.7 Å². The summed E-state index contributed by atoms with van der Waals surface area (Å²) in [5.74, 6) is 0.0961. The number of methoxy groups -OCH3 is 1. The number of hydrogen-bond donors (Lipinski definition) is 1. The standard InChI is InChI=1S/C14H17NO2S/c1-17-14(16)12-8-7-11(13(18)15-12)9-10-5-3-2-4-6-10/h2-6,11-12H,7-9H2,1H3,(H,15,18). The van der Waals surface area contributed by atoms with Gasteiger partial charge >= 0.3 is 5.97 Å². The second-order valence-electron chi connectivity index (χ2n) is 4.55. The van der Waals surface area contributed by atoms with Gasteiger partial charge in [0, 0.05) is 5.92 Å². The Morgan fingerprint density at radius 1 is 1.39 bits per heavy atom. The lowest BCUT2D eigenvalue weighted by Crippen LogP contribution is -2.48. The highest BCUT2D eigenvalue weighted by Gasteiger charge is 2.29. The smallest absolute Gasteiger partial charge is 0.328 e. The molecule has 18 heavy (non-hydrogen) atoms. The molecular formula is C14H17NO2S. The zero-order chi connectivity index (χ0) is 13.0. The molecule has 1 heterocycles. The number of hydrogen-bond acceptors (Lipinski definition) is 3. The zero-order valence-electron chi connectivity index (χ0n) is 10.4. The lowest BCUT2D eigenvalue weighted by Gasteiger charge is -2.29. The summed E-state index contributed by atoms with van der Waals surface area (Å²) < 4.78 is 4.73. The summed E-state index contributed by atoms with van der Waals surface area (Å²) in [4.78, 5) is 12.2. The summed E-state index contributed by atoms with van der Waals surface area (Å²) in [5.41, 5.74) is 1.28. The first kappa shape index (κ1) is 13.0. The van der Waals surface area contributed by atoms with Crippen LogP contribution in [-0.4, -0.2) is 24.1 Å². The van der Waals surface area contributed by atoms with Crippen molar-refractivity contribution in [3.63, 3.8) is 0 Å². The van der Waals surface area contributed by atoms with Crippen LogP contribution in [0, 0.1) is 5.92 Å². The molecule has 0 radical (unpaired) electrons. The third kappa shape index (κ3) is 3.07. The van der Waals surface area contributed by atoms with Crippen molar-refractivity contribution in [3.8, 4) is 0 Å². The van der Waals surface area contributed by atoms with Crippen LogP contribution in [0.4, 0.5) is 0 Å². The van der Waals surface area contributed by atoms with Gasteiger partial charge in [-0.05, 0) is 24.8 Å². The van der Waals surface area contributed by atoms with Gasteiger partial charge in [-0.15, -0.1) is 0 Å². The summed E-state index contributed by atoms with van der Waals surface area (Å²) in [6, 6.07) is 10.0. The average molecular weight is 263 g/mol. The van der Waals surface area contributed by atoms with Gasteiger partial charge in [0.25, 0.3) is 0 Å². The maximum Gasteiger partial charge on any atom is 0.328 e. The summed E-state index contributed by atoms with van der Waals surface area (Å²) in [7, 11) is 1.41. The van der Waals surface area contributed by atoms with Gasteiger partial charge in [-0.25, -0.2) is 4.79 Å². The van der Waals surface area contributed by atoms with Crippen LogP contribution >= 0.6 is 12.2 Å². The van der Waals surface area contributed by atoms with E-state index in [2.05, 4.69) is 17.4 Å². The van der Waals surface area contributed by atoms with Gasteiger partial charge in [-0.1, -0.05) is 42.5 Å². The number of carbonyl (C=O) groups excluding carboxylic acids is 1. The largest absolute Gasteiger partial charge is 0.467 e. The third-order valence-corrected chi connectivity index (χ3v) is 3.75. The number of carbonyl (C=O) groups is 1. The molecule has 2 unspecified atom stereocenters. The SMILES string of the molecule is COC(=O)C1CCC(Cc2ccccc2)C(=S)N1. The normalized spacial score (nSPS) is 23.3. The van der Waals surface area contributed by atoms with Crippen LogP contribution < -0.4 is 5.32 Å². The first-order valence-corrected chi connectivity index (χ1v) is 6.53. The Kier molecular flexibility index (Phi) is 4.31. The highest BCUT2D eigenvalue weighted by Crippen LogP contribution is 2.21. The van der Waals surface area contributed by atoms with E-state index in [9.17, 15) is 4.79 Å². The minimum absolute atomic E-state index is 0.226. The van der Waals surface area contributed by atoms with Crippen LogP contribution in [-0.2, 0) is 16.0 Å². The molecule has 1 aromatic rings. The number of nitrogens with one attached hydrogen (secondary N) is 1. The topological polar surface area (TPSA) is 38.3 Å².